The number of hydrogen-bond donors (Lipinski definition) is 2. The van der Waals surface area contributed by atoms with Crippen LogP contribution in [0.1, 0.15) is 12.0 Å². The fraction of sp³-hybridized carbons (Fsp3) is 0.500. The molecule has 4 heteroatoms. The first-order valence-electron chi connectivity index (χ1n) is 6.21. The maximum Gasteiger partial charge on any atom is 0.0850 e. The Morgan fingerprint density at radius 3 is 2.83 bits per heavy atom. The Hall–Kier alpha value is -1.23. The molecule has 1 aliphatic heterocycles. The van der Waals surface area contributed by atoms with E-state index in [1.54, 1.807) is 0 Å². The molecule has 2 N–H and O–H groups in total. The van der Waals surface area contributed by atoms with E-state index in [1.165, 1.54) is 0 Å². The van der Waals surface area contributed by atoms with E-state index in [0.717, 1.165) is 5.56 Å². The third-order valence-electron chi connectivity index (χ3n) is 3.15. The zero-order valence-corrected chi connectivity index (χ0v) is 10.3. The van der Waals surface area contributed by atoms with Gasteiger partial charge >= 0.3 is 0 Å². The van der Waals surface area contributed by atoms with E-state index in [2.05, 4.69) is 0 Å². The van der Waals surface area contributed by atoms with Crippen LogP contribution >= 0.6 is 0 Å². The number of rotatable bonds is 5. The van der Waals surface area contributed by atoms with Gasteiger partial charge in [-0.1, -0.05) is 30.3 Å². The molecule has 2 atom stereocenters. The third kappa shape index (κ3) is 3.63. The highest BCUT2D eigenvalue weighted by Crippen LogP contribution is 2.17. The molecule has 0 amide bonds. The molecule has 2 rings (SSSR count). The van der Waals surface area contributed by atoms with Crippen LogP contribution in [0.5, 0.6) is 0 Å². The fourth-order valence-corrected chi connectivity index (χ4v) is 2.04. The van der Waals surface area contributed by atoms with Gasteiger partial charge in [-0.25, -0.2) is 0 Å². The van der Waals surface area contributed by atoms with E-state index in [9.17, 15) is 0 Å². The second-order valence-electron chi connectivity index (χ2n) is 4.57. The normalized spacial score (nSPS) is 24.2. The molecule has 4 nitrogen and oxygen atoms in total. The summed E-state index contributed by atoms with van der Waals surface area (Å²) >= 11 is 0. The summed E-state index contributed by atoms with van der Waals surface area (Å²) < 4.78 is 11.1. The van der Waals surface area contributed by atoms with Crippen molar-refractivity contribution in [1.82, 2.24) is 0 Å². The molecule has 1 aromatic rings. The average Bonchev–Trinajstić information content (AvgIpc) is 2.42. The molecule has 0 bridgehead atoms. The van der Waals surface area contributed by atoms with Gasteiger partial charge in [-0.15, -0.1) is 0 Å². The Bertz CT molecular complexity index is 380. The molecule has 1 heterocycles. The van der Waals surface area contributed by atoms with E-state index < -0.39 is 0 Å². The summed E-state index contributed by atoms with van der Waals surface area (Å²) in [5, 5.41) is 16.8. The Morgan fingerprint density at radius 2 is 2.11 bits per heavy atom. The second-order valence-corrected chi connectivity index (χ2v) is 4.57. The van der Waals surface area contributed by atoms with Crippen molar-refractivity contribution in [3.05, 3.63) is 35.9 Å². The van der Waals surface area contributed by atoms with Crippen molar-refractivity contribution in [2.24, 2.45) is 5.92 Å². The molecule has 0 aromatic heterocycles. The predicted octanol–water partition coefficient (Wildman–Crippen LogP) is 1.62. The average molecular weight is 249 g/mol. The van der Waals surface area contributed by atoms with Gasteiger partial charge in [0, 0.05) is 11.6 Å². The number of nitrogens with one attached hydrogen (secondary N) is 1. The van der Waals surface area contributed by atoms with Gasteiger partial charge in [-0.05, 0) is 12.0 Å². The quantitative estimate of drug-likeness (QED) is 0.833. The summed E-state index contributed by atoms with van der Waals surface area (Å²) in [6.45, 7) is 1.42. The number of aliphatic hydroxyl groups excluding tert-OH is 1. The predicted molar refractivity (Wildman–Crippen MR) is 68.8 cm³/mol. The zero-order valence-electron chi connectivity index (χ0n) is 10.3. The Balaban J connectivity index is 1.72. The molecular formula is C14H19NO3. The minimum atomic E-state index is -0.0657. The van der Waals surface area contributed by atoms with E-state index in [4.69, 9.17) is 20.0 Å². The summed E-state index contributed by atoms with van der Waals surface area (Å²) in [5.41, 5.74) is 1.62. The van der Waals surface area contributed by atoms with Crippen molar-refractivity contribution in [3.63, 3.8) is 0 Å². The summed E-state index contributed by atoms with van der Waals surface area (Å²) in [4.78, 5) is 0. The maximum atomic E-state index is 9.15. The van der Waals surface area contributed by atoms with Crippen molar-refractivity contribution < 1.29 is 14.6 Å². The van der Waals surface area contributed by atoms with Gasteiger partial charge in [0.05, 0.1) is 32.5 Å². The second kappa shape index (κ2) is 6.64. The Kier molecular flexibility index (Phi) is 4.87. The molecule has 1 aromatic carbocycles. The molecule has 1 saturated heterocycles. The molecular weight excluding hydrogens is 230 g/mol. The molecule has 0 radical (unpaired) electrons. The van der Waals surface area contributed by atoms with Crippen LogP contribution in [0.25, 0.3) is 0 Å². The Morgan fingerprint density at radius 1 is 1.33 bits per heavy atom. The highest BCUT2D eigenvalue weighted by molar-refractivity contribution is 5.85. The molecule has 0 unspecified atom stereocenters. The maximum absolute atomic E-state index is 9.15. The van der Waals surface area contributed by atoms with Crippen molar-refractivity contribution >= 4 is 5.71 Å². The highest BCUT2D eigenvalue weighted by Gasteiger charge is 2.26. The van der Waals surface area contributed by atoms with Crippen molar-refractivity contribution in [3.8, 4) is 0 Å². The van der Waals surface area contributed by atoms with Gasteiger partial charge in [0.15, 0.2) is 0 Å². The van der Waals surface area contributed by atoms with Gasteiger partial charge < -0.3 is 20.0 Å². The van der Waals surface area contributed by atoms with Crippen molar-refractivity contribution in [2.45, 2.75) is 19.1 Å². The fourth-order valence-electron chi connectivity index (χ4n) is 2.04. The molecule has 0 spiro atoms. The van der Waals surface area contributed by atoms with Crippen LogP contribution in [-0.4, -0.2) is 36.7 Å². The lowest BCUT2D eigenvalue weighted by Crippen LogP contribution is -2.37. The van der Waals surface area contributed by atoms with Crippen molar-refractivity contribution in [2.75, 3.05) is 19.8 Å². The first-order chi connectivity index (χ1) is 8.79. The van der Waals surface area contributed by atoms with E-state index in [1.807, 2.05) is 30.3 Å². The molecule has 0 aliphatic carbocycles. The lowest BCUT2D eigenvalue weighted by molar-refractivity contribution is -0.0310. The van der Waals surface area contributed by atoms with Gasteiger partial charge in [-0.3, -0.25) is 0 Å². The summed E-state index contributed by atoms with van der Waals surface area (Å²) in [5.74, 6) is -0.0657. The minimum Gasteiger partial charge on any atom is -0.396 e. The third-order valence-corrected chi connectivity index (χ3v) is 3.15. The molecule has 98 valence electrons. The van der Waals surface area contributed by atoms with Gasteiger partial charge in [0.1, 0.15) is 0 Å². The highest BCUT2D eigenvalue weighted by atomic mass is 16.5. The SMILES string of the molecule is N=C1CO[C@@H](COCc2ccccc2)C[C@H]1CO. The zero-order chi connectivity index (χ0) is 12.8. The minimum absolute atomic E-state index is 0.0139. The number of ether oxygens (including phenoxy) is 2. The number of hydrogen-bond acceptors (Lipinski definition) is 4. The number of aliphatic hydroxyl groups is 1. The van der Waals surface area contributed by atoms with E-state index in [0.29, 0.717) is 32.0 Å². The monoisotopic (exact) mass is 249 g/mol. The first-order valence-corrected chi connectivity index (χ1v) is 6.21. The molecule has 0 saturated carbocycles. The van der Waals surface area contributed by atoms with Crippen LogP contribution in [0, 0.1) is 11.3 Å². The first kappa shape index (κ1) is 13.2. The van der Waals surface area contributed by atoms with Gasteiger partial charge in [-0.2, -0.15) is 0 Å². The molecule has 1 aliphatic rings. The van der Waals surface area contributed by atoms with Crippen LogP contribution in [-0.2, 0) is 16.1 Å². The Labute approximate surface area is 107 Å². The summed E-state index contributed by atoms with van der Waals surface area (Å²) in [6.07, 6.45) is 0.657. The smallest absolute Gasteiger partial charge is 0.0850 e. The van der Waals surface area contributed by atoms with Gasteiger partial charge in [0.25, 0.3) is 0 Å². The van der Waals surface area contributed by atoms with Crippen LogP contribution in [0.15, 0.2) is 30.3 Å². The summed E-state index contributed by atoms with van der Waals surface area (Å²) in [7, 11) is 0. The molecule has 18 heavy (non-hydrogen) atoms. The van der Waals surface area contributed by atoms with E-state index in [-0.39, 0.29) is 18.6 Å². The standard InChI is InChI=1S/C14H19NO3/c15-14-10-18-13(6-12(14)7-16)9-17-8-11-4-2-1-3-5-11/h1-5,12-13,15-16H,6-10H2/t12-,13+/m0/s1. The number of benzene rings is 1. The summed E-state index contributed by atoms with van der Waals surface area (Å²) in [6, 6.07) is 9.99. The van der Waals surface area contributed by atoms with Crippen LogP contribution in [0.3, 0.4) is 0 Å². The van der Waals surface area contributed by atoms with Gasteiger partial charge in [0.2, 0.25) is 0 Å². The van der Waals surface area contributed by atoms with Crippen LogP contribution in [0.2, 0.25) is 0 Å². The topological polar surface area (TPSA) is 62.5 Å². The largest absolute Gasteiger partial charge is 0.396 e. The lowest BCUT2D eigenvalue weighted by atomic mass is 9.95. The van der Waals surface area contributed by atoms with Crippen LogP contribution < -0.4 is 0 Å². The van der Waals surface area contributed by atoms with Crippen molar-refractivity contribution in [1.29, 1.82) is 5.41 Å². The lowest BCUT2D eigenvalue weighted by Gasteiger charge is -2.29. The van der Waals surface area contributed by atoms with Crippen LogP contribution in [0.4, 0.5) is 0 Å². The molecule has 1 fully saturated rings. The van der Waals surface area contributed by atoms with E-state index >= 15 is 0 Å².